The first-order valence-electron chi connectivity index (χ1n) is 6.50. The lowest BCUT2D eigenvalue weighted by Gasteiger charge is -2.27. The maximum absolute atomic E-state index is 11.9. The Morgan fingerprint density at radius 3 is 2.47 bits per heavy atom. The molecular weight excluding hydrogens is 250 g/mol. The second-order valence-corrected chi connectivity index (χ2v) is 5.85. The topological polar surface area (TPSA) is 76.1 Å². The predicted molar refractivity (Wildman–Crippen MR) is 68.3 cm³/mol. The zero-order valence-corrected chi connectivity index (χ0v) is 12.1. The first-order chi connectivity index (χ1) is 8.74. The minimum absolute atomic E-state index is 0.275. The van der Waals surface area contributed by atoms with Crippen molar-refractivity contribution in [2.75, 3.05) is 19.9 Å². The molecule has 0 aromatic heterocycles. The van der Waals surface area contributed by atoms with Crippen LogP contribution in [0.4, 0.5) is 4.79 Å². The summed E-state index contributed by atoms with van der Waals surface area (Å²) in [5.41, 5.74) is -1.28. The highest BCUT2D eigenvalue weighted by Crippen LogP contribution is 2.35. The molecule has 1 fully saturated rings. The van der Waals surface area contributed by atoms with Crippen molar-refractivity contribution in [2.24, 2.45) is 5.41 Å². The van der Waals surface area contributed by atoms with Gasteiger partial charge < -0.3 is 19.5 Å². The highest BCUT2D eigenvalue weighted by Gasteiger charge is 2.46. The van der Waals surface area contributed by atoms with Crippen molar-refractivity contribution in [1.82, 2.24) is 4.90 Å². The molecule has 0 saturated carbocycles. The Labute approximate surface area is 113 Å². The summed E-state index contributed by atoms with van der Waals surface area (Å²) in [6, 6.07) is 0. The Balaban J connectivity index is 2.70. The molecule has 0 radical (unpaired) electrons. The summed E-state index contributed by atoms with van der Waals surface area (Å²) in [4.78, 5) is 25.4. The van der Waals surface area contributed by atoms with Gasteiger partial charge in [0.05, 0.1) is 5.41 Å². The zero-order chi connectivity index (χ0) is 14.7. The van der Waals surface area contributed by atoms with Crippen LogP contribution >= 0.6 is 0 Å². The minimum Gasteiger partial charge on any atom is -0.444 e. The van der Waals surface area contributed by atoms with Gasteiger partial charge in [-0.25, -0.2) is 4.79 Å². The molecule has 0 aliphatic carbocycles. The van der Waals surface area contributed by atoms with Crippen molar-refractivity contribution >= 4 is 12.1 Å². The lowest BCUT2D eigenvalue weighted by molar-refractivity contribution is -0.163. The van der Waals surface area contributed by atoms with Gasteiger partial charge in [-0.1, -0.05) is 6.92 Å². The van der Waals surface area contributed by atoms with E-state index >= 15 is 0 Å². The number of likely N-dealkylation sites (tertiary alicyclic amines) is 1. The number of carbonyl (C=O) groups is 2. The van der Waals surface area contributed by atoms with Crippen LogP contribution in [0.2, 0.25) is 0 Å². The van der Waals surface area contributed by atoms with E-state index in [9.17, 15) is 9.59 Å². The molecule has 1 amide bonds. The Hall–Kier alpha value is -1.30. The quantitative estimate of drug-likeness (QED) is 0.623. The van der Waals surface area contributed by atoms with Crippen molar-refractivity contribution in [3.63, 3.8) is 0 Å². The monoisotopic (exact) mass is 273 g/mol. The summed E-state index contributed by atoms with van der Waals surface area (Å²) >= 11 is 0. The molecule has 1 saturated heterocycles. The summed E-state index contributed by atoms with van der Waals surface area (Å²) in [5, 5.41) is 8.69. The van der Waals surface area contributed by atoms with Crippen LogP contribution in [0.1, 0.15) is 40.5 Å². The van der Waals surface area contributed by atoms with Crippen LogP contribution in [-0.2, 0) is 14.3 Å². The third-order valence-corrected chi connectivity index (χ3v) is 3.31. The third kappa shape index (κ3) is 3.83. The highest BCUT2D eigenvalue weighted by atomic mass is 16.6. The van der Waals surface area contributed by atoms with Crippen LogP contribution in [-0.4, -0.2) is 47.6 Å². The number of amides is 1. The molecule has 6 heteroatoms. The summed E-state index contributed by atoms with van der Waals surface area (Å²) in [5.74, 6) is -0.455. The van der Waals surface area contributed by atoms with E-state index in [2.05, 4.69) is 4.74 Å². The predicted octanol–water partition coefficient (Wildman–Crippen LogP) is 1.52. The molecule has 1 rings (SSSR count). The summed E-state index contributed by atoms with van der Waals surface area (Å²) in [6.07, 6.45) is 0.673. The summed E-state index contributed by atoms with van der Waals surface area (Å²) < 4.78 is 9.97. The van der Waals surface area contributed by atoms with Crippen LogP contribution in [0.3, 0.4) is 0 Å². The van der Waals surface area contributed by atoms with Gasteiger partial charge in [-0.2, -0.15) is 0 Å². The van der Waals surface area contributed by atoms with Gasteiger partial charge in [-0.05, 0) is 33.6 Å². The molecule has 0 bridgehead atoms. The molecule has 1 unspecified atom stereocenters. The fraction of sp³-hybridized carbons (Fsp3) is 0.846. The number of ether oxygens (including phenoxy) is 2. The molecular formula is C13H23NO5. The Kier molecular flexibility index (Phi) is 4.79. The molecule has 1 aliphatic heterocycles. The fourth-order valence-corrected chi connectivity index (χ4v) is 2.17. The zero-order valence-electron chi connectivity index (χ0n) is 12.1. The maximum atomic E-state index is 11.9. The molecule has 0 aromatic rings. The van der Waals surface area contributed by atoms with E-state index in [-0.39, 0.29) is 6.54 Å². The molecule has 0 spiro atoms. The largest absolute Gasteiger partial charge is 0.444 e. The van der Waals surface area contributed by atoms with Crippen molar-refractivity contribution in [2.45, 2.75) is 46.1 Å². The first kappa shape index (κ1) is 15.8. The van der Waals surface area contributed by atoms with Gasteiger partial charge in [0.2, 0.25) is 0 Å². The summed E-state index contributed by atoms with van der Waals surface area (Å²) in [7, 11) is 0. The van der Waals surface area contributed by atoms with Crippen LogP contribution in [0.5, 0.6) is 0 Å². The standard InChI is InChI=1S/C13H23NO5/c1-5-13(10(16)18-9-15)6-7-14(8-13)11(17)19-12(2,3)4/h15H,5-9H2,1-4H3. The van der Waals surface area contributed by atoms with Crippen molar-refractivity contribution in [3.8, 4) is 0 Å². The Morgan fingerprint density at radius 1 is 1.37 bits per heavy atom. The summed E-state index contributed by atoms with van der Waals surface area (Å²) in [6.45, 7) is 7.38. The lowest BCUT2D eigenvalue weighted by atomic mass is 9.84. The van der Waals surface area contributed by atoms with Gasteiger partial charge in [0.1, 0.15) is 5.60 Å². The van der Waals surface area contributed by atoms with Gasteiger partial charge >= 0.3 is 12.1 Å². The number of esters is 1. The Morgan fingerprint density at radius 2 is 2.00 bits per heavy atom. The lowest BCUT2D eigenvalue weighted by Crippen LogP contribution is -2.40. The van der Waals surface area contributed by atoms with E-state index in [1.54, 1.807) is 20.8 Å². The normalized spacial score (nSPS) is 23.3. The molecule has 1 heterocycles. The average Bonchev–Trinajstić information content (AvgIpc) is 2.72. The van der Waals surface area contributed by atoms with Crippen molar-refractivity contribution in [3.05, 3.63) is 0 Å². The second-order valence-electron chi connectivity index (χ2n) is 5.85. The van der Waals surface area contributed by atoms with Gasteiger partial charge in [0.25, 0.3) is 0 Å². The van der Waals surface area contributed by atoms with Crippen LogP contribution in [0.15, 0.2) is 0 Å². The highest BCUT2D eigenvalue weighted by molar-refractivity contribution is 5.79. The van der Waals surface area contributed by atoms with Gasteiger partial charge in [-0.3, -0.25) is 4.79 Å². The molecule has 6 nitrogen and oxygen atoms in total. The number of nitrogens with zero attached hydrogens (tertiary/aromatic N) is 1. The first-order valence-corrected chi connectivity index (χ1v) is 6.50. The van der Waals surface area contributed by atoms with E-state index in [1.807, 2.05) is 6.92 Å². The second kappa shape index (κ2) is 5.77. The van der Waals surface area contributed by atoms with Gasteiger partial charge in [0, 0.05) is 13.1 Å². The average molecular weight is 273 g/mol. The number of aliphatic hydroxyl groups excluding tert-OH is 1. The van der Waals surface area contributed by atoms with Crippen LogP contribution < -0.4 is 0 Å². The van der Waals surface area contributed by atoms with Gasteiger partial charge in [0.15, 0.2) is 6.79 Å². The van der Waals surface area contributed by atoms with E-state index in [4.69, 9.17) is 9.84 Å². The third-order valence-electron chi connectivity index (χ3n) is 3.31. The van der Waals surface area contributed by atoms with Crippen LogP contribution in [0, 0.1) is 5.41 Å². The Bertz CT molecular complexity index is 349. The van der Waals surface area contributed by atoms with E-state index < -0.39 is 29.9 Å². The van der Waals surface area contributed by atoms with E-state index in [1.165, 1.54) is 4.90 Å². The molecule has 1 atom stereocenters. The van der Waals surface area contributed by atoms with Gasteiger partial charge in [-0.15, -0.1) is 0 Å². The van der Waals surface area contributed by atoms with E-state index in [0.717, 1.165) is 0 Å². The number of hydrogen-bond acceptors (Lipinski definition) is 5. The molecule has 110 valence electrons. The number of rotatable bonds is 3. The van der Waals surface area contributed by atoms with Crippen LogP contribution in [0.25, 0.3) is 0 Å². The SMILES string of the molecule is CCC1(C(=O)OCO)CCN(C(=O)OC(C)(C)C)C1. The maximum Gasteiger partial charge on any atom is 0.410 e. The molecule has 1 N–H and O–H groups in total. The number of aliphatic hydroxyl groups is 1. The smallest absolute Gasteiger partial charge is 0.410 e. The molecule has 1 aliphatic rings. The fourth-order valence-electron chi connectivity index (χ4n) is 2.17. The van der Waals surface area contributed by atoms with Crippen molar-refractivity contribution in [1.29, 1.82) is 0 Å². The number of carbonyl (C=O) groups excluding carboxylic acids is 2. The molecule has 0 aromatic carbocycles. The van der Waals surface area contributed by atoms with E-state index in [0.29, 0.717) is 19.4 Å². The minimum atomic E-state index is -0.723. The number of hydrogen-bond donors (Lipinski definition) is 1. The molecule has 19 heavy (non-hydrogen) atoms. The van der Waals surface area contributed by atoms with Crippen molar-refractivity contribution < 1.29 is 24.2 Å².